The summed E-state index contributed by atoms with van der Waals surface area (Å²) in [5, 5.41) is 3.55. The number of hydrogen-bond donors (Lipinski definition) is 1. The van der Waals surface area contributed by atoms with E-state index in [0.29, 0.717) is 16.9 Å². The quantitative estimate of drug-likeness (QED) is 0.902. The van der Waals surface area contributed by atoms with E-state index in [1.54, 1.807) is 12.1 Å². The summed E-state index contributed by atoms with van der Waals surface area (Å²) < 4.78 is 33.5. The van der Waals surface area contributed by atoms with Crippen molar-refractivity contribution in [2.45, 2.75) is 4.90 Å². The third-order valence-corrected chi connectivity index (χ3v) is 3.61. The van der Waals surface area contributed by atoms with Crippen LogP contribution in [0.4, 0.5) is 5.88 Å². The van der Waals surface area contributed by atoms with Gasteiger partial charge in [-0.2, -0.15) is 0 Å². The van der Waals surface area contributed by atoms with E-state index in [1.807, 2.05) is 0 Å². The zero-order valence-electron chi connectivity index (χ0n) is 9.88. The highest BCUT2D eigenvalue weighted by Crippen LogP contribution is 2.38. The first-order chi connectivity index (χ1) is 8.45. The van der Waals surface area contributed by atoms with Crippen molar-refractivity contribution in [1.29, 1.82) is 0 Å². The number of nitrogen functional groups attached to an aromatic ring is 1. The molecule has 0 saturated heterocycles. The minimum absolute atomic E-state index is 0.0457. The standard InChI is InChI=1S/C11H12N2O4S/c1-16-8-4-3-5-9(18(2,14)15)10(8)7-6-13-17-11(7)12/h3-6H,12H2,1-2H3. The highest BCUT2D eigenvalue weighted by molar-refractivity contribution is 7.90. The van der Waals surface area contributed by atoms with Crippen LogP contribution in [0.2, 0.25) is 0 Å². The lowest BCUT2D eigenvalue weighted by Crippen LogP contribution is -2.02. The summed E-state index contributed by atoms with van der Waals surface area (Å²) >= 11 is 0. The van der Waals surface area contributed by atoms with Gasteiger partial charge in [0, 0.05) is 11.8 Å². The number of methoxy groups -OCH3 is 1. The zero-order valence-corrected chi connectivity index (χ0v) is 10.7. The van der Waals surface area contributed by atoms with Gasteiger partial charge in [0.25, 0.3) is 0 Å². The lowest BCUT2D eigenvalue weighted by Gasteiger charge is -2.11. The molecule has 0 aliphatic heterocycles. The highest BCUT2D eigenvalue weighted by Gasteiger charge is 2.22. The minimum atomic E-state index is -3.41. The van der Waals surface area contributed by atoms with Crippen LogP contribution in [0.25, 0.3) is 11.1 Å². The van der Waals surface area contributed by atoms with E-state index in [0.717, 1.165) is 6.26 Å². The maximum absolute atomic E-state index is 11.8. The van der Waals surface area contributed by atoms with Crippen LogP contribution in [0.15, 0.2) is 33.8 Å². The normalized spacial score (nSPS) is 11.4. The van der Waals surface area contributed by atoms with Crippen LogP contribution in [0.3, 0.4) is 0 Å². The number of benzene rings is 1. The van der Waals surface area contributed by atoms with Gasteiger partial charge in [-0.15, -0.1) is 0 Å². The van der Waals surface area contributed by atoms with Gasteiger partial charge in [-0.25, -0.2) is 8.42 Å². The molecule has 96 valence electrons. The van der Waals surface area contributed by atoms with Crippen molar-refractivity contribution in [2.24, 2.45) is 0 Å². The van der Waals surface area contributed by atoms with E-state index in [2.05, 4.69) is 5.16 Å². The number of nitrogens with zero attached hydrogens (tertiary/aromatic N) is 1. The fraction of sp³-hybridized carbons (Fsp3) is 0.182. The van der Waals surface area contributed by atoms with Crippen LogP contribution < -0.4 is 10.5 Å². The smallest absolute Gasteiger partial charge is 0.230 e. The van der Waals surface area contributed by atoms with Crippen LogP contribution >= 0.6 is 0 Å². The summed E-state index contributed by atoms with van der Waals surface area (Å²) in [4.78, 5) is 0.122. The molecule has 2 N–H and O–H groups in total. The average molecular weight is 268 g/mol. The van der Waals surface area contributed by atoms with Gasteiger partial charge in [0.05, 0.1) is 23.8 Å². The van der Waals surface area contributed by atoms with Gasteiger partial charge in [-0.1, -0.05) is 11.2 Å². The number of sulfone groups is 1. The number of rotatable bonds is 3. The Balaban J connectivity index is 2.83. The summed E-state index contributed by atoms with van der Waals surface area (Å²) in [6.45, 7) is 0. The van der Waals surface area contributed by atoms with E-state index >= 15 is 0 Å². The van der Waals surface area contributed by atoms with Crippen LogP contribution in [-0.4, -0.2) is 26.9 Å². The Hall–Kier alpha value is -2.02. The molecule has 2 aromatic rings. The Morgan fingerprint density at radius 2 is 2.11 bits per heavy atom. The molecule has 0 spiro atoms. The lowest BCUT2D eigenvalue weighted by atomic mass is 10.1. The van der Waals surface area contributed by atoms with Gasteiger partial charge in [0.15, 0.2) is 9.84 Å². The van der Waals surface area contributed by atoms with E-state index in [-0.39, 0.29) is 10.8 Å². The van der Waals surface area contributed by atoms with E-state index in [4.69, 9.17) is 15.0 Å². The maximum atomic E-state index is 11.8. The molecule has 0 amide bonds. The molecule has 2 rings (SSSR count). The van der Waals surface area contributed by atoms with Gasteiger partial charge >= 0.3 is 0 Å². The Labute approximate surface area is 104 Å². The third kappa shape index (κ3) is 2.04. The number of nitrogens with two attached hydrogens (primary N) is 1. The fourth-order valence-electron chi connectivity index (χ4n) is 1.69. The second kappa shape index (κ2) is 4.34. The number of ether oxygens (including phenoxy) is 1. The monoisotopic (exact) mass is 268 g/mol. The van der Waals surface area contributed by atoms with Crippen molar-refractivity contribution >= 4 is 15.7 Å². The van der Waals surface area contributed by atoms with E-state index < -0.39 is 9.84 Å². The molecule has 1 aromatic carbocycles. The first-order valence-corrected chi connectivity index (χ1v) is 6.92. The molecule has 0 saturated carbocycles. The molecule has 7 heteroatoms. The molecule has 18 heavy (non-hydrogen) atoms. The second-order valence-electron chi connectivity index (χ2n) is 3.71. The second-order valence-corrected chi connectivity index (χ2v) is 5.69. The van der Waals surface area contributed by atoms with Gasteiger partial charge in [0.2, 0.25) is 5.88 Å². The molecule has 0 radical (unpaired) electrons. The third-order valence-electron chi connectivity index (χ3n) is 2.48. The van der Waals surface area contributed by atoms with Crippen molar-refractivity contribution in [3.8, 4) is 16.9 Å². The summed E-state index contributed by atoms with van der Waals surface area (Å²) in [7, 11) is -1.96. The molecule has 0 atom stereocenters. The van der Waals surface area contributed by atoms with Crippen LogP contribution in [-0.2, 0) is 9.84 Å². The topological polar surface area (TPSA) is 95.4 Å². The molecular weight excluding hydrogens is 256 g/mol. The van der Waals surface area contributed by atoms with Crippen LogP contribution in [0, 0.1) is 0 Å². The number of hydrogen-bond acceptors (Lipinski definition) is 6. The van der Waals surface area contributed by atoms with Crippen molar-refractivity contribution in [1.82, 2.24) is 5.16 Å². The largest absolute Gasteiger partial charge is 0.496 e. The van der Waals surface area contributed by atoms with Gasteiger partial charge in [0.1, 0.15) is 5.75 Å². The summed E-state index contributed by atoms with van der Waals surface area (Å²) in [6.07, 6.45) is 2.48. The maximum Gasteiger partial charge on any atom is 0.230 e. The van der Waals surface area contributed by atoms with Crippen molar-refractivity contribution in [3.05, 3.63) is 24.4 Å². The SMILES string of the molecule is COc1cccc(S(C)(=O)=O)c1-c1cnoc1N. The van der Waals surface area contributed by atoms with E-state index in [1.165, 1.54) is 19.4 Å². The Morgan fingerprint density at radius 3 is 2.61 bits per heavy atom. The van der Waals surface area contributed by atoms with Crippen molar-refractivity contribution in [3.63, 3.8) is 0 Å². The number of aromatic nitrogens is 1. The first-order valence-electron chi connectivity index (χ1n) is 5.02. The Kier molecular flexibility index (Phi) is 3.00. The van der Waals surface area contributed by atoms with Crippen LogP contribution in [0.1, 0.15) is 0 Å². The molecular formula is C11H12N2O4S. The predicted molar refractivity (Wildman–Crippen MR) is 66.0 cm³/mol. The number of anilines is 1. The summed E-state index contributed by atoms with van der Waals surface area (Å²) in [5.41, 5.74) is 6.39. The molecule has 0 fully saturated rings. The molecule has 0 unspecified atom stereocenters. The molecule has 6 nitrogen and oxygen atoms in total. The van der Waals surface area contributed by atoms with Crippen molar-refractivity contribution < 1.29 is 17.7 Å². The molecule has 0 bridgehead atoms. The Bertz CT molecular complexity index is 676. The van der Waals surface area contributed by atoms with E-state index in [9.17, 15) is 8.42 Å². The minimum Gasteiger partial charge on any atom is -0.496 e. The molecule has 0 aliphatic carbocycles. The van der Waals surface area contributed by atoms with Gasteiger partial charge in [-0.3, -0.25) is 0 Å². The zero-order chi connectivity index (χ0) is 13.3. The summed E-state index contributed by atoms with van der Waals surface area (Å²) in [6, 6.07) is 4.73. The molecule has 0 aliphatic rings. The first kappa shape index (κ1) is 12.4. The highest BCUT2D eigenvalue weighted by atomic mass is 32.2. The van der Waals surface area contributed by atoms with Crippen LogP contribution in [0.5, 0.6) is 5.75 Å². The lowest BCUT2D eigenvalue weighted by molar-refractivity contribution is 0.415. The molecule has 1 heterocycles. The molecule has 1 aromatic heterocycles. The van der Waals surface area contributed by atoms with Crippen molar-refractivity contribution in [2.75, 3.05) is 19.1 Å². The fourth-order valence-corrected chi connectivity index (χ4v) is 2.60. The van der Waals surface area contributed by atoms with Gasteiger partial charge < -0.3 is 15.0 Å². The van der Waals surface area contributed by atoms with Gasteiger partial charge in [-0.05, 0) is 12.1 Å². The predicted octanol–water partition coefficient (Wildman–Crippen LogP) is 1.34. The Morgan fingerprint density at radius 1 is 1.39 bits per heavy atom. The summed E-state index contributed by atoms with van der Waals surface area (Å²) in [5.74, 6) is 0.442. The average Bonchev–Trinajstić information content (AvgIpc) is 2.73.